The summed E-state index contributed by atoms with van der Waals surface area (Å²) >= 11 is 1.27. The molecule has 2 heterocycles. The van der Waals surface area contributed by atoms with Gasteiger partial charge in [-0.15, -0.1) is 10.2 Å². The van der Waals surface area contributed by atoms with Gasteiger partial charge in [-0.05, 0) is 18.4 Å². The third kappa shape index (κ3) is 3.30. The maximum absolute atomic E-state index is 13.5. The van der Waals surface area contributed by atoms with E-state index in [1.165, 1.54) is 23.9 Å². The fourth-order valence-electron chi connectivity index (χ4n) is 2.86. The third-order valence-electron chi connectivity index (χ3n) is 4.06. The van der Waals surface area contributed by atoms with Gasteiger partial charge in [-0.3, -0.25) is 0 Å². The number of nitrogens with zero attached hydrogens (tertiary/aromatic N) is 3. The summed E-state index contributed by atoms with van der Waals surface area (Å²) in [6, 6.07) is 12.4. The Morgan fingerprint density at radius 1 is 1.04 bits per heavy atom. The molecule has 0 spiro atoms. The fraction of sp³-hybridized carbons (Fsp3) is 0.167. The van der Waals surface area contributed by atoms with E-state index in [9.17, 15) is 13.2 Å². The normalized spacial score (nSPS) is 15.8. The highest BCUT2D eigenvalue weighted by Crippen LogP contribution is 2.42. The van der Waals surface area contributed by atoms with Crippen molar-refractivity contribution in [1.29, 1.82) is 0 Å². The standard InChI is InChI=1S/C18H13F3N4OS/c1-27-17-23-16-14(24-25-17)11-7-3-5-9-13(11)22-15(26-16)10-6-2-4-8-12(10)18(19,20)21/h2-9,15,22H,1H3/t15-/m0/s1. The van der Waals surface area contributed by atoms with Gasteiger partial charge in [0.25, 0.3) is 0 Å². The molecule has 1 aromatic heterocycles. The van der Waals surface area contributed by atoms with Gasteiger partial charge in [0.2, 0.25) is 11.0 Å². The van der Waals surface area contributed by atoms with Crippen LogP contribution < -0.4 is 10.1 Å². The molecule has 0 aliphatic carbocycles. The van der Waals surface area contributed by atoms with E-state index in [2.05, 4.69) is 20.5 Å². The molecule has 0 fully saturated rings. The number of rotatable bonds is 2. The van der Waals surface area contributed by atoms with Crippen molar-refractivity contribution in [2.24, 2.45) is 0 Å². The molecule has 3 aromatic rings. The molecule has 1 aliphatic heterocycles. The first-order valence-electron chi connectivity index (χ1n) is 7.95. The Balaban J connectivity index is 1.89. The molecule has 27 heavy (non-hydrogen) atoms. The second-order valence-corrected chi connectivity index (χ2v) is 6.50. The van der Waals surface area contributed by atoms with Gasteiger partial charge in [0.1, 0.15) is 0 Å². The molecule has 1 N–H and O–H groups in total. The lowest BCUT2D eigenvalue weighted by Crippen LogP contribution is -2.21. The molecule has 5 nitrogen and oxygen atoms in total. The topological polar surface area (TPSA) is 59.9 Å². The molecule has 0 saturated carbocycles. The van der Waals surface area contributed by atoms with Crippen LogP contribution in [0.2, 0.25) is 0 Å². The Hall–Kier alpha value is -2.81. The van der Waals surface area contributed by atoms with E-state index in [-0.39, 0.29) is 11.4 Å². The van der Waals surface area contributed by atoms with Crippen LogP contribution in [0, 0.1) is 0 Å². The average molecular weight is 390 g/mol. The molecule has 4 rings (SSSR count). The smallest absolute Gasteiger partial charge is 0.416 e. The van der Waals surface area contributed by atoms with Gasteiger partial charge in [-0.2, -0.15) is 18.2 Å². The molecule has 0 unspecified atom stereocenters. The molecule has 1 atom stereocenters. The molecular formula is C18H13F3N4OS. The Morgan fingerprint density at radius 2 is 1.78 bits per heavy atom. The van der Waals surface area contributed by atoms with E-state index in [1.54, 1.807) is 36.6 Å². The van der Waals surface area contributed by atoms with Crippen molar-refractivity contribution < 1.29 is 17.9 Å². The van der Waals surface area contributed by atoms with Gasteiger partial charge in [0, 0.05) is 16.8 Å². The minimum Gasteiger partial charge on any atom is -0.448 e. The van der Waals surface area contributed by atoms with Crippen molar-refractivity contribution in [1.82, 2.24) is 15.2 Å². The van der Waals surface area contributed by atoms with E-state index >= 15 is 0 Å². The van der Waals surface area contributed by atoms with Crippen molar-refractivity contribution in [3.63, 3.8) is 0 Å². The maximum Gasteiger partial charge on any atom is 0.416 e. The summed E-state index contributed by atoms with van der Waals surface area (Å²) in [7, 11) is 0. The zero-order valence-electron chi connectivity index (χ0n) is 14.0. The summed E-state index contributed by atoms with van der Waals surface area (Å²) < 4.78 is 46.3. The van der Waals surface area contributed by atoms with E-state index in [4.69, 9.17) is 4.74 Å². The Kier molecular flexibility index (Phi) is 4.39. The van der Waals surface area contributed by atoms with Crippen molar-refractivity contribution in [3.05, 3.63) is 59.7 Å². The minimum atomic E-state index is -4.51. The first kappa shape index (κ1) is 17.6. The Morgan fingerprint density at radius 3 is 2.56 bits per heavy atom. The number of para-hydroxylation sites is 1. The third-order valence-corrected chi connectivity index (χ3v) is 4.60. The van der Waals surface area contributed by atoms with Crippen molar-refractivity contribution in [2.45, 2.75) is 17.6 Å². The Labute approximate surface area is 157 Å². The van der Waals surface area contributed by atoms with Gasteiger partial charge < -0.3 is 10.1 Å². The van der Waals surface area contributed by atoms with Gasteiger partial charge in [0.15, 0.2) is 11.9 Å². The summed E-state index contributed by atoms with van der Waals surface area (Å²) in [4.78, 5) is 4.30. The second-order valence-electron chi connectivity index (χ2n) is 5.73. The number of ether oxygens (including phenoxy) is 1. The SMILES string of the molecule is CSc1nnc2c(n1)O[C@@H](c1ccccc1C(F)(F)F)Nc1ccccc1-2. The van der Waals surface area contributed by atoms with Crippen molar-refractivity contribution in [2.75, 3.05) is 11.6 Å². The summed E-state index contributed by atoms with van der Waals surface area (Å²) in [5.41, 5.74) is 0.828. The van der Waals surface area contributed by atoms with Gasteiger partial charge in [-0.1, -0.05) is 48.2 Å². The molecule has 0 bridgehead atoms. The number of halogens is 3. The first-order chi connectivity index (χ1) is 13.0. The number of nitrogens with one attached hydrogen (secondary N) is 1. The van der Waals surface area contributed by atoms with Crippen LogP contribution in [-0.2, 0) is 6.18 Å². The van der Waals surface area contributed by atoms with E-state index in [0.717, 1.165) is 6.07 Å². The Bertz CT molecular complexity index is 996. The molecule has 1 aliphatic rings. The zero-order chi connectivity index (χ0) is 19.0. The number of thioether (sulfide) groups is 1. The quantitative estimate of drug-likeness (QED) is 0.636. The van der Waals surface area contributed by atoms with Gasteiger partial charge in [0.05, 0.1) is 5.56 Å². The van der Waals surface area contributed by atoms with Crippen LogP contribution in [0.3, 0.4) is 0 Å². The number of hydrogen-bond acceptors (Lipinski definition) is 6. The molecule has 138 valence electrons. The highest BCUT2D eigenvalue weighted by Gasteiger charge is 2.37. The van der Waals surface area contributed by atoms with Crippen LogP contribution >= 0.6 is 11.8 Å². The summed E-state index contributed by atoms with van der Waals surface area (Å²) in [6.45, 7) is 0. The highest BCUT2D eigenvalue weighted by molar-refractivity contribution is 7.98. The zero-order valence-corrected chi connectivity index (χ0v) is 14.8. The largest absolute Gasteiger partial charge is 0.448 e. The average Bonchev–Trinajstić information content (AvgIpc) is 2.83. The van der Waals surface area contributed by atoms with E-state index in [0.29, 0.717) is 22.1 Å². The number of benzene rings is 2. The lowest BCUT2D eigenvalue weighted by Gasteiger charge is -2.22. The molecule has 0 radical (unpaired) electrons. The number of fused-ring (bicyclic) bond motifs is 3. The van der Waals surface area contributed by atoms with Crippen molar-refractivity contribution >= 4 is 17.4 Å². The number of aromatic nitrogens is 3. The monoisotopic (exact) mass is 390 g/mol. The minimum absolute atomic E-state index is 0.0306. The van der Waals surface area contributed by atoms with E-state index in [1.807, 2.05) is 0 Å². The number of alkyl halides is 3. The van der Waals surface area contributed by atoms with Gasteiger partial charge in [-0.25, -0.2) is 0 Å². The van der Waals surface area contributed by atoms with Crippen LogP contribution in [-0.4, -0.2) is 21.4 Å². The summed E-state index contributed by atoms with van der Waals surface area (Å²) in [5, 5.41) is 11.6. The van der Waals surface area contributed by atoms with Crippen LogP contribution in [0.4, 0.5) is 18.9 Å². The maximum atomic E-state index is 13.5. The van der Waals surface area contributed by atoms with Crippen LogP contribution in [0.15, 0.2) is 53.7 Å². The molecule has 0 amide bonds. The molecule has 2 aromatic carbocycles. The molecule has 9 heteroatoms. The van der Waals surface area contributed by atoms with Crippen LogP contribution in [0.25, 0.3) is 11.3 Å². The molecule has 0 saturated heterocycles. The second kappa shape index (κ2) is 6.73. The number of anilines is 1. The summed E-state index contributed by atoms with van der Waals surface area (Å²) in [6.07, 6.45) is -3.82. The van der Waals surface area contributed by atoms with Crippen LogP contribution in [0.5, 0.6) is 5.88 Å². The molecular weight excluding hydrogens is 377 g/mol. The predicted molar refractivity (Wildman–Crippen MR) is 95.5 cm³/mol. The van der Waals surface area contributed by atoms with E-state index < -0.39 is 18.0 Å². The number of hydrogen-bond donors (Lipinski definition) is 1. The van der Waals surface area contributed by atoms with Crippen LogP contribution in [0.1, 0.15) is 17.4 Å². The lowest BCUT2D eigenvalue weighted by atomic mass is 10.1. The highest BCUT2D eigenvalue weighted by atomic mass is 32.2. The predicted octanol–water partition coefficient (Wildman–Crippen LogP) is 4.78. The lowest BCUT2D eigenvalue weighted by molar-refractivity contribution is -0.138. The fourth-order valence-corrected chi connectivity index (χ4v) is 3.15. The summed E-state index contributed by atoms with van der Waals surface area (Å²) in [5.74, 6) is 0.133. The van der Waals surface area contributed by atoms with Gasteiger partial charge >= 0.3 is 6.18 Å². The van der Waals surface area contributed by atoms with Crippen molar-refractivity contribution in [3.8, 4) is 17.1 Å². The first-order valence-corrected chi connectivity index (χ1v) is 9.17.